The number of hydrogen-bond acceptors (Lipinski definition) is 9. The quantitative estimate of drug-likeness (QED) is 0.516. The Hall–Kier alpha value is -2.28. The molecule has 0 spiro atoms. The summed E-state index contributed by atoms with van der Waals surface area (Å²) in [5, 5.41) is 13.3. The van der Waals surface area contributed by atoms with E-state index in [1.807, 2.05) is 30.3 Å². The van der Waals surface area contributed by atoms with Crippen LogP contribution in [0.1, 0.15) is 38.2 Å². The number of fused-ring (bicyclic) bond motifs is 4. The smallest absolute Gasteiger partial charge is 0.410 e. The van der Waals surface area contributed by atoms with Gasteiger partial charge in [-0.1, -0.05) is 30.3 Å². The fraction of sp³-hybridized carbons (Fsp3) is 0.692. The SMILES string of the molecule is CCOC(=O)COC1CC2COCC(C1)N2.O.O=C(OCc1ccccc1)N1C2COCC1CC(O)C2. The fourth-order valence-corrected chi connectivity index (χ4v) is 5.29. The van der Waals surface area contributed by atoms with Crippen molar-refractivity contribution in [2.45, 2.75) is 75.6 Å². The molecule has 4 saturated heterocycles. The van der Waals surface area contributed by atoms with Crippen LogP contribution in [0.25, 0.3) is 0 Å². The normalized spacial score (nSPS) is 30.2. The average Bonchev–Trinajstić information content (AvgIpc) is 2.86. The number of ether oxygens (including phenoxy) is 5. The molecule has 1 amide bonds. The summed E-state index contributed by atoms with van der Waals surface area (Å²) in [6.45, 7) is 5.00. The van der Waals surface area contributed by atoms with Gasteiger partial charge in [-0.15, -0.1) is 0 Å². The second-order valence-electron chi connectivity index (χ2n) is 9.73. The van der Waals surface area contributed by atoms with Crippen LogP contribution in [0.2, 0.25) is 0 Å². The average molecular weight is 525 g/mol. The number of esters is 1. The minimum Gasteiger partial charge on any atom is -0.464 e. The lowest BCUT2D eigenvalue weighted by atomic mass is 9.92. The van der Waals surface area contributed by atoms with Crippen LogP contribution in [0.15, 0.2) is 30.3 Å². The first-order valence-corrected chi connectivity index (χ1v) is 12.9. The summed E-state index contributed by atoms with van der Waals surface area (Å²) >= 11 is 0. The highest BCUT2D eigenvalue weighted by atomic mass is 16.6. The molecule has 4 atom stereocenters. The molecule has 4 heterocycles. The van der Waals surface area contributed by atoms with Gasteiger partial charge in [-0.3, -0.25) is 4.90 Å². The number of carbonyl (C=O) groups excluding carboxylic acids is 2. The van der Waals surface area contributed by atoms with Gasteiger partial charge in [0.15, 0.2) is 0 Å². The Kier molecular flexibility index (Phi) is 11.6. The first-order chi connectivity index (χ1) is 17.5. The van der Waals surface area contributed by atoms with Crippen LogP contribution in [0.4, 0.5) is 4.79 Å². The maximum atomic E-state index is 12.3. The van der Waals surface area contributed by atoms with Crippen molar-refractivity contribution in [2.24, 2.45) is 0 Å². The Morgan fingerprint density at radius 1 is 0.973 bits per heavy atom. The lowest BCUT2D eigenvalue weighted by Gasteiger charge is -2.46. The van der Waals surface area contributed by atoms with E-state index in [9.17, 15) is 14.7 Å². The number of benzene rings is 1. The van der Waals surface area contributed by atoms with Crippen LogP contribution in [0.3, 0.4) is 0 Å². The van der Waals surface area contributed by atoms with Gasteiger partial charge in [-0.05, 0) is 38.2 Å². The van der Waals surface area contributed by atoms with E-state index < -0.39 is 0 Å². The van der Waals surface area contributed by atoms with Crippen LogP contribution >= 0.6 is 0 Å². The molecule has 1 aromatic carbocycles. The molecule has 4 aliphatic rings. The highest BCUT2D eigenvalue weighted by Crippen LogP contribution is 2.28. The number of carbonyl (C=O) groups is 2. The van der Waals surface area contributed by atoms with Gasteiger partial charge in [-0.25, -0.2) is 9.59 Å². The molecule has 37 heavy (non-hydrogen) atoms. The van der Waals surface area contributed by atoms with Crippen molar-refractivity contribution >= 4 is 12.1 Å². The standard InChI is InChI=1S/C15H19NO4.C11H19NO4.H2O/c17-14-6-12-9-19-10-13(7-14)16(12)15(18)20-8-11-4-2-1-3-5-11;1-2-15-11(13)7-16-10-3-8-5-14-6-9(4-10)12-8;/h1-5,12-14,17H,6-10H2;8-10,12H,2-7H2,1H3;1H2. The summed E-state index contributed by atoms with van der Waals surface area (Å²) in [5.41, 5.74) is 0.972. The first kappa shape index (κ1) is 29.3. The van der Waals surface area contributed by atoms with Gasteiger partial charge in [0.05, 0.1) is 57.3 Å². The highest BCUT2D eigenvalue weighted by Gasteiger charge is 2.42. The molecule has 4 N–H and O–H groups in total. The van der Waals surface area contributed by atoms with Crippen molar-refractivity contribution in [1.82, 2.24) is 10.2 Å². The summed E-state index contributed by atoms with van der Waals surface area (Å²) < 4.78 is 26.7. The van der Waals surface area contributed by atoms with Crippen LogP contribution in [0, 0.1) is 0 Å². The second-order valence-corrected chi connectivity index (χ2v) is 9.73. The number of morpholine rings is 2. The summed E-state index contributed by atoms with van der Waals surface area (Å²) in [4.78, 5) is 25.2. The van der Waals surface area contributed by atoms with Gasteiger partial charge in [-0.2, -0.15) is 0 Å². The molecule has 11 nitrogen and oxygen atoms in total. The van der Waals surface area contributed by atoms with Crippen LogP contribution < -0.4 is 5.32 Å². The molecule has 4 fully saturated rings. The number of nitrogens with one attached hydrogen (secondary N) is 1. The summed E-state index contributed by atoms with van der Waals surface area (Å²) in [5.74, 6) is -0.276. The molecule has 11 heteroatoms. The minimum absolute atomic E-state index is 0. The third-order valence-electron chi connectivity index (χ3n) is 6.86. The van der Waals surface area contributed by atoms with E-state index in [0.717, 1.165) is 31.6 Å². The predicted octanol–water partition coefficient (Wildman–Crippen LogP) is 0.808. The third-order valence-corrected chi connectivity index (χ3v) is 6.86. The van der Waals surface area contributed by atoms with E-state index in [1.54, 1.807) is 11.8 Å². The first-order valence-electron chi connectivity index (χ1n) is 12.9. The molecule has 4 aliphatic heterocycles. The monoisotopic (exact) mass is 524 g/mol. The molecule has 0 saturated carbocycles. The summed E-state index contributed by atoms with van der Waals surface area (Å²) in [6, 6.07) is 10.2. The Bertz CT molecular complexity index is 817. The van der Waals surface area contributed by atoms with Gasteiger partial charge >= 0.3 is 12.1 Å². The lowest BCUT2D eigenvalue weighted by Crippen LogP contribution is -2.60. The van der Waals surface area contributed by atoms with Crippen molar-refractivity contribution in [3.63, 3.8) is 0 Å². The van der Waals surface area contributed by atoms with E-state index in [2.05, 4.69) is 5.32 Å². The molecule has 0 aliphatic carbocycles. The molecule has 208 valence electrons. The van der Waals surface area contributed by atoms with E-state index in [1.165, 1.54) is 0 Å². The molecule has 4 bridgehead atoms. The number of aliphatic hydroxyl groups is 1. The predicted molar refractivity (Wildman–Crippen MR) is 133 cm³/mol. The number of hydrogen-bond donors (Lipinski definition) is 2. The van der Waals surface area contributed by atoms with Crippen molar-refractivity contribution in [3.8, 4) is 0 Å². The number of aliphatic hydroxyl groups excluding tert-OH is 1. The van der Waals surface area contributed by atoms with E-state index >= 15 is 0 Å². The van der Waals surface area contributed by atoms with Gasteiger partial charge in [0.2, 0.25) is 0 Å². The molecule has 1 aromatic rings. The van der Waals surface area contributed by atoms with Crippen LogP contribution in [-0.2, 0) is 35.1 Å². The van der Waals surface area contributed by atoms with Crippen molar-refractivity contribution in [1.29, 1.82) is 0 Å². The summed E-state index contributed by atoms with van der Waals surface area (Å²) in [7, 11) is 0. The molecule has 0 aromatic heterocycles. The van der Waals surface area contributed by atoms with Crippen LogP contribution in [-0.4, -0.2) is 104 Å². The maximum Gasteiger partial charge on any atom is 0.410 e. The van der Waals surface area contributed by atoms with Crippen molar-refractivity contribution in [3.05, 3.63) is 35.9 Å². The van der Waals surface area contributed by atoms with Gasteiger partial charge in [0.25, 0.3) is 0 Å². The van der Waals surface area contributed by atoms with Gasteiger partial charge in [0.1, 0.15) is 13.2 Å². The summed E-state index contributed by atoms with van der Waals surface area (Å²) in [6.07, 6.45) is 2.47. The topological polar surface area (TPSA) is 147 Å². The Balaban J connectivity index is 0.000000205. The number of rotatable bonds is 6. The Morgan fingerprint density at radius 2 is 1.59 bits per heavy atom. The molecule has 0 radical (unpaired) electrons. The number of nitrogens with zero attached hydrogens (tertiary/aromatic N) is 1. The van der Waals surface area contributed by atoms with Gasteiger partial charge < -0.3 is 39.6 Å². The second kappa shape index (κ2) is 14.6. The zero-order valence-electron chi connectivity index (χ0n) is 21.4. The van der Waals surface area contributed by atoms with Gasteiger partial charge in [0, 0.05) is 12.1 Å². The molecular weight excluding hydrogens is 484 g/mol. The molecular formula is C26H40N2O9. The Labute approximate surface area is 217 Å². The zero-order chi connectivity index (χ0) is 25.3. The Morgan fingerprint density at radius 3 is 2.22 bits per heavy atom. The van der Waals surface area contributed by atoms with E-state index in [4.69, 9.17) is 23.7 Å². The molecule has 5 rings (SSSR count). The maximum absolute atomic E-state index is 12.3. The highest BCUT2D eigenvalue weighted by molar-refractivity contribution is 5.70. The largest absolute Gasteiger partial charge is 0.464 e. The zero-order valence-corrected chi connectivity index (χ0v) is 21.4. The number of amides is 1. The van der Waals surface area contributed by atoms with Crippen LogP contribution in [0.5, 0.6) is 0 Å². The minimum atomic E-state index is -0.341. The fourth-order valence-electron chi connectivity index (χ4n) is 5.29. The van der Waals surface area contributed by atoms with E-state index in [0.29, 0.717) is 44.7 Å². The van der Waals surface area contributed by atoms with Crippen molar-refractivity contribution in [2.75, 3.05) is 39.6 Å². The van der Waals surface area contributed by atoms with Crippen molar-refractivity contribution < 1.29 is 43.9 Å². The lowest BCUT2D eigenvalue weighted by molar-refractivity contribution is -0.152. The third kappa shape index (κ3) is 8.62. The molecule has 4 unspecified atom stereocenters. The number of piperidine rings is 2. The van der Waals surface area contributed by atoms with E-state index in [-0.39, 0.29) is 55.0 Å².